The summed E-state index contributed by atoms with van der Waals surface area (Å²) in [7, 11) is 4.46. The molecule has 0 aliphatic carbocycles. The van der Waals surface area contributed by atoms with E-state index < -0.39 is 0 Å². The van der Waals surface area contributed by atoms with Crippen molar-refractivity contribution in [2.75, 3.05) is 33.7 Å². The molecule has 1 fully saturated rings. The Morgan fingerprint density at radius 3 is 2.45 bits per heavy atom. The van der Waals surface area contributed by atoms with Crippen LogP contribution in [0, 0.1) is 5.92 Å². The Morgan fingerprint density at radius 2 is 1.85 bits per heavy atom. The lowest BCUT2D eigenvalue weighted by atomic mass is 9.95. The fourth-order valence-corrected chi connectivity index (χ4v) is 2.96. The van der Waals surface area contributed by atoms with E-state index in [0.29, 0.717) is 11.8 Å². The molecule has 3 nitrogen and oxygen atoms in total. The van der Waals surface area contributed by atoms with Crippen molar-refractivity contribution in [3.8, 4) is 5.75 Å². The van der Waals surface area contributed by atoms with Gasteiger partial charge < -0.3 is 14.9 Å². The average Bonchev–Trinajstić information content (AvgIpc) is 2.44. The molecular formula is C17H28N2O. The van der Waals surface area contributed by atoms with Crippen LogP contribution in [0.1, 0.15) is 25.3 Å². The van der Waals surface area contributed by atoms with E-state index in [1.807, 2.05) is 12.1 Å². The topological polar surface area (TPSA) is 26.7 Å². The molecule has 1 aromatic carbocycles. The molecule has 1 heterocycles. The normalized spacial score (nSPS) is 19.4. The van der Waals surface area contributed by atoms with Crippen LogP contribution in [-0.4, -0.2) is 54.7 Å². The third-order valence-electron chi connectivity index (χ3n) is 4.60. The van der Waals surface area contributed by atoms with Crippen molar-refractivity contribution in [3.05, 3.63) is 29.8 Å². The summed E-state index contributed by atoms with van der Waals surface area (Å²) < 4.78 is 0. The third-order valence-corrected chi connectivity index (χ3v) is 4.60. The highest BCUT2D eigenvalue weighted by atomic mass is 16.3. The molecule has 0 spiro atoms. The van der Waals surface area contributed by atoms with Crippen molar-refractivity contribution < 1.29 is 5.11 Å². The highest BCUT2D eigenvalue weighted by Crippen LogP contribution is 2.19. The van der Waals surface area contributed by atoms with Crippen LogP contribution < -0.4 is 0 Å². The van der Waals surface area contributed by atoms with Crippen molar-refractivity contribution in [1.82, 2.24) is 9.80 Å². The molecule has 1 unspecified atom stereocenters. The summed E-state index contributed by atoms with van der Waals surface area (Å²) >= 11 is 0. The van der Waals surface area contributed by atoms with Crippen molar-refractivity contribution in [2.45, 2.75) is 32.2 Å². The largest absolute Gasteiger partial charge is 0.508 e. The molecular weight excluding hydrogens is 248 g/mol. The number of rotatable bonds is 5. The first-order chi connectivity index (χ1) is 9.54. The zero-order chi connectivity index (χ0) is 14.5. The minimum atomic E-state index is 0.348. The SMILES string of the molecule is CC(Cc1ccc(O)cc1)N(C)CC1CCN(C)CC1. The zero-order valence-corrected chi connectivity index (χ0v) is 13.0. The van der Waals surface area contributed by atoms with Crippen LogP contribution in [0.4, 0.5) is 0 Å². The molecule has 20 heavy (non-hydrogen) atoms. The van der Waals surface area contributed by atoms with E-state index in [4.69, 9.17) is 0 Å². The molecule has 1 aromatic rings. The van der Waals surface area contributed by atoms with Gasteiger partial charge >= 0.3 is 0 Å². The molecule has 0 bridgehead atoms. The molecule has 0 saturated carbocycles. The number of hydrogen-bond acceptors (Lipinski definition) is 3. The number of nitrogens with zero attached hydrogens (tertiary/aromatic N) is 2. The van der Waals surface area contributed by atoms with E-state index in [1.54, 1.807) is 12.1 Å². The van der Waals surface area contributed by atoms with Crippen LogP contribution in [0.2, 0.25) is 0 Å². The van der Waals surface area contributed by atoms with Gasteiger partial charge in [0.1, 0.15) is 5.75 Å². The highest BCUT2D eigenvalue weighted by Gasteiger charge is 2.20. The summed E-state index contributed by atoms with van der Waals surface area (Å²) in [5.74, 6) is 1.19. The molecule has 3 heteroatoms. The lowest BCUT2D eigenvalue weighted by Crippen LogP contribution is -2.39. The number of likely N-dealkylation sites (N-methyl/N-ethyl adjacent to an activating group) is 1. The molecule has 0 aromatic heterocycles. The number of piperidine rings is 1. The van der Waals surface area contributed by atoms with Gasteiger partial charge in [0.05, 0.1) is 0 Å². The standard InChI is InChI=1S/C17H28N2O/c1-14(12-15-4-6-17(20)7-5-15)19(3)13-16-8-10-18(2)11-9-16/h4-7,14,16,20H,8-13H2,1-3H3. The Morgan fingerprint density at radius 1 is 1.25 bits per heavy atom. The Balaban J connectivity index is 1.79. The summed E-state index contributed by atoms with van der Waals surface area (Å²) in [4.78, 5) is 4.92. The molecule has 1 atom stereocenters. The van der Waals surface area contributed by atoms with Crippen LogP contribution in [0.5, 0.6) is 5.75 Å². The molecule has 2 rings (SSSR count). The molecule has 112 valence electrons. The lowest BCUT2D eigenvalue weighted by molar-refractivity contribution is 0.154. The first-order valence-electron chi connectivity index (χ1n) is 7.71. The van der Waals surface area contributed by atoms with Crippen molar-refractivity contribution >= 4 is 0 Å². The van der Waals surface area contributed by atoms with Gasteiger partial charge in [0.25, 0.3) is 0 Å². The number of phenolic OH excluding ortho intramolecular Hbond substituents is 1. The van der Waals surface area contributed by atoms with Crippen molar-refractivity contribution in [1.29, 1.82) is 0 Å². The van der Waals surface area contributed by atoms with Crippen LogP contribution in [0.15, 0.2) is 24.3 Å². The quantitative estimate of drug-likeness (QED) is 0.895. The maximum Gasteiger partial charge on any atom is 0.115 e. The molecule has 1 aliphatic heterocycles. The Kier molecular flexibility index (Phi) is 5.44. The van der Waals surface area contributed by atoms with Gasteiger partial charge in [-0.1, -0.05) is 12.1 Å². The minimum absolute atomic E-state index is 0.348. The second-order valence-corrected chi connectivity index (χ2v) is 6.41. The maximum atomic E-state index is 9.32. The number of aromatic hydroxyl groups is 1. The van der Waals surface area contributed by atoms with Gasteiger partial charge in [-0.25, -0.2) is 0 Å². The smallest absolute Gasteiger partial charge is 0.115 e. The van der Waals surface area contributed by atoms with Crippen molar-refractivity contribution in [2.24, 2.45) is 5.92 Å². The summed E-state index contributed by atoms with van der Waals surface area (Å²) in [5.41, 5.74) is 1.30. The second-order valence-electron chi connectivity index (χ2n) is 6.41. The predicted octanol–water partition coefficient (Wildman–Crippen LogP) is 2.60. The van der Waals surface area contributed by atoms with Gasteiger partial charge in [-0.15, -0.1) is 0 Å². The van der Waals surface area contributed by atoms with Crippen molar-refractivity contribution in [3.63, 3.8) is 0 Å². The zero-order valence-electron chi connectivity index (χ0n) is 13.0. The van der Waals surface area contributed by atoms with E-state index in [1.165, 1.54) is 38.0 Å². The lowest BCUT2D eigenvalue weighted by Gasteiger charge is -2.34. The Hall–Kier alpha value is -1.06. The molecule has 0 amide bonds. The summed E-state index contributed by atoms with van der Waals surface area (Å²) in [5, 5.41) is 9.32. The summed E-state index contributed by atoms with van der Waals surface area (Å²) in [6.45, 7) is 5.98. The fraction of sp³-hybridized carbons (Fsp3) is 0.647. The van der Waals surface area contributed by atoms with E-state index in [9.17, 15) is 5.11 Å². The number of likely N-dealkylation sites (tertiary alicyclic amines) is 1. The maximum absolute atomic E-state index is 9.32. The Bertz CT molecular complexity index is 396. The first-order valence-corrected chi connectivity index (χ1v) is 7.71. The summed E-state index contributed by atoms with van der Waals surface area (Å²) in [6, 6.07) is 8.14. The third kappa shape index (κ3) is 4.50. The van der Waals surface area contributed by atoms with Crippen LogP contribution in [0.25, 0.3) is 0 Å². The second kappa shape index (κ2) is 7.09. The monoisotopic (exact) mass is 276 g/mol. The van der Waals surface area contributed by atoms with Gasteiger partial charge in [-0.3, -0.25) is 0 Å². The Labute approximate surface area is 123 Å². The van der Waals surface area contributed by atoms with Crippen LogP contribution in [-0.2, 0) is 6.42 Å². The first kappa shape index (κ1) is 15.3. The summed E-state index contributed by atoms with van der Waals surface area (Å²) in [6.07, 6.45) is 3.70. The molecule has 1 N–H and O–H groups in total. The molecule has 1 aliphatic rings. The number of phenols is 1. The fourth-order valence-electron chi connectivity index (χ4n) is 2.96. The van der Waals surface area contributed by atoms with Crippen LogP contribution >= 0.6 is 0 Å². The number of benzene rings is 1. The predicted molar refractivity (Wildman–Crippen MR) is 84.1 cm³/mol. The van der Waals surface area contributed by atoms with E-state index in [0.717, 1.165) is 12.3 Å². The van der Waals surface area contributed by atoms with Gasteiger partial charge in [0, 0.05) is 12.6 Å². The molecule has 0 radical (unpaired) electrons. The van der Waals surface area contributed by atoms with E-state index >= 15 is 0 Å². The van der Waals surface area contributed by atoms with Gasteiger partial charge in [-0.2, -0.15) is 0 Å². The number of hydrogen-bond donors (Lipinski definition) is 1. The van der Waals surface area contributed by atoms with Gasteiger partial charge in [0.2, 0.25) is 0 Å². The minimum Gasteiger partial charge on any atom is -0.508 e. The molecule has 1 saturated heterocycles. The highest BCUT2D eigenvalue weighted by molar-refractivity contribution is 5.26. The van der Waals surface area contributed by atoms with Gasteiger partial charge in [0.15, 0.2) is 0 Å². The van der Waals surface area contributed by atoms with E-state index in [-0.39, 0.29) is 0 Å². The average molecular weight is 276 g/mol. The van der Waals surface area contributed by atoms with Crippen LogP contribution in [0.3, 0.4) is 0 Å². The van der Waals surface area contributed by atoms with Gasteiger partial charge in [-0.05, 0) is 77.0 Å². The van der Waals surface area contributed by atoms with E-state index in [2.05, 4.69) is 30.8 Å².